The van der Waals surface area contributed by atoms with Crippen LogP contribution in [0.5, 0.6) is 11.5 Å². The number of nitrogens with two attached hydrogens (primary N) is 2. The summed E-state index contributed by atoms with van der Waals surface area (Å²) in [6, 6.07) is 12.5. The Morgan fingerprint density at radius 2 is 1.79 bits per heavy atom. The number of nitrogens with zero attached hydrogens (tertiary/aromatic N) is 3. The normalized spacial score (nSPS) is 10.4. The predicted molar refractivity (Wildman–Crippen MR) is 113 cm³/mol. The third-order valence-electron chi connectivity index (χ3n) is 3.96. The Labute approximate surface area is 177 Å². The van der Waals surface area contributed by atoms with Gasteiger partial charge in [0.05, 0.1) is 22.3 Å². The van der Waals surface area contributed by atoms with E-state index in [1.54, 1.807) is 30.3 Å². The minimum absolute atomic E-state index is 0.0191. The van der Waals surface area contributed by atoms with E-state index in [0.717, 1.165) is 5.56 Å². The third-order valence-corrected chi connectivity index (χ3v) is 4.70. The molecule has 7 nitrogen and oxygen atoms in total. The topological polar surface area (TPSA) is 120 Å². The summed E-state index contributed by atoms with van der Waals surface area (Å²) in [6.45, 7) is 2.55. The number of aromatic nitrogens is 2. The quantitative estimate of drug-likeness (QED) is 0.592. The molecule has 0 aliphatic rings. The van der Waals surface area contributed by atoms with Crippen LogP contribution < -0.4 is 20.9 Å². The first-order valence-corrected chi connectivity index (χ1v) is 9.35. The van der Waals surface area contributed by atoms with Crippen LogP contribution >= 0.6 is 23.2 Å². The first-order valence-electron chi connectivity index (χ1n) is 8.60. The van der Waals surface area contributed by atoms with E-state index in [9.17, 15) is 5.26 Å². The van der Waals surface area contributed by atoms with Crippen LogP contribution in [0.3, 0.4) is 0 Å². The van der Waals surface area contributed by atoms with Gasteiger partial charge in [0.25, 0.3) is 0 Å². The highest BCUT2D eigenvalue weighted by atomic mass is 35.5. The van der Waals surface area contributed by atoms with Crippen LogP contribution in [0.4, 0.5) is 11.8 Å². The van der Waals surface area contributed by atoms with Gasteiger partial charge in [0.2, 0.25) is 5.95 Å². The summed E-state index contributed by atoms with van der Waals surface area (Å²) in [4.78, 5) is 7.99. The van der Waals surface area contributed by atoms with Gasteiger partial charge in [-0.05, 0) is 42.8 Å². The number of nitrogen functional groups attached to an aromatic ring is 2. The van der Waals surface area contributed by atoms with Gasteiger partial charge < -0.3 is 20.9 Å². The van der Waals surface area contributed by atoms with Gasteiger partial charge in [-0.3, -0.25) is 0 Å². The van der Waals surface area contributed by atoms with Crippen molar-refractivity contribution >= 4 is 35.0 Å². The number of nitriles is 1. The largest absolute Gasteiger partial charge is 0.490 e. The van der Waals surface area contributed by atoms with Gasteiger partial charge in [0.15, 0.2) is 11.5 Å². The van der Waals surface area contributed by atoms with Crippen LogP contribution in [0, 0.1) is 11.3 Å². The van der Waals surface area contributed by atoms with Crippen molar-refractivity contribution in [3.05, 3.63) is 57.6 Å². The maximum atomic E-state index is 9.40. The molecule has 2 aromatic carbocycles. The zero-order valence-corrected chi connectivity index (χ0v) is 17.0. The molecule has 3 aromatic rings. The second-order valence-electron chi connectivity index (χ2n) is 5.93. The second kappa shape index (κ2) is 8.86. The van der Waals surface area contributed by atoms with Crippen molar-refractivity contribution < 1.29 is 9.47 Å². The molecule has 0 amide bonds. The van der Waals surface area contributed by atoms with Gasteiger partial charge in [-0.1, -0.05) is 29.3 Å². The minimum Gasteiger partial charge on any atom is -0.490 e. The molecule has 0 spiro atoms. The van der Waals surface area contributed by atoms with Crippen LogP contribution in [0.25, 0.3) is 11.3 Å². The van der Waals surface area contributed by atoms with E-state index < -0.39 is 0 Å². The highest BCUT2D eigenvalue weighted by Crippen LogP contribution is 2.35. The van der Waals surface area contributed by atoms with Gasteiger partial charge >= 0.3 is 0 Å². The van der Waals surface area contributed by atoms with E-state index in [1.165, 1.54) is 0 Å². The standard InChI is InChI=1S/C20H17Cl2N5O2/c1-2-28-17-8-12(18-13(9-23)19(24)27-20(25)26-18)4-6-16(17)29-10-11-3-5-14(21)15(22)7-11/h3-8H,2,10H2,1H3,(H4,24,25,26,27). The Morgan fingerprint density at radius 1 is 1.00 bits per heavy atom. The van der Waals surface area contributed by atoms with Crippen molar-refractivity contribution in [1.82, 2.24) is 9.97 Å². The lowest BCUT2D eigenvalue weighted by molar-refractivity contribution is 0.269. The Morgan fingerprint density at radius 3 is 2.48 bits per heavy atom. The van der Waals surface area contributed by atoms with Gasteiger partial charge in [-0.15, -0.1) is 0 Å². The van der Waals surface area contributed by atoms with Crippen LogP contribution in [-0.4, -0.2) is 16.6 Å². The van der Waals surface area contributed by atoms with Gasteiger partial charge in [0.1, 0.15) is 24.1 Å². The molecule has 3 rings (SSSR count). The molecule has 0 saturated carbocycles. The molecule has 0 unspecified atom stereocenters. The Kier molecular flexibility index (Phi) is 6.27. The monoisotopic (exact) mass is 429 g/mol. The van der Waals surface area contributed by atoms with Crippen molar-refractivity contribution in [3.8, 4) is 28.8 Å². The number of anilines is 2. The predicted octanol–water partition coefficient (Wildman–Crippen LogP) is 4.46. The summed E-state index contributed by atoms with van der Waals surface area (Å²) in [5, 5.41) is 10.3. The molecule has 0 saturated heterocycles. The van der Waals surface area contributed by atoms with Crippen LogP contribution in [-0.2, 0) is 6.61 Å². The highest BCUT2D eigenvalue weighted by molar-refractivity contribution is 6.42. The smallest absolute Gasteiger partial charge is 0.222 e. The number of hydrogen-bond acceptors (Lipinski definition) is 7. The van der Waals surface area contributed by atoms with E-state index in [2.05, 4.69) is 9.97 Å². The average molecular weight is 430 g/mol. The number of benzene rings is 2. The van der Waals surface area contributed by atoms with Gasteiger partial charge in [-0.2, -0.15) is 10.2 Å². The number of rotatable bonds is 6. The highest BCUT2D eigenvalue weighted by Gasteiger charge is 2.16. The molecular weight excluding hydrogens is 413 g/mol. The van der Waals surface area contributed by atoms with Crippen molar-refractivity contribution in [2.45, 2.75) is 13.5 Å². The fourth-order valence-corrected chi connectivity index (χ4v) is 2.97. The minimum atomic E-state index is -0.0191. The van der Waals surface area contributed by atoms with Crippen LogP contribution in [0.1, 0.15) is 18.1 Å². The van der Waals surface area contributed by atoms with E-state index in [-0.39, 0.29) is 23.9 Å². The summed E-state index contributed by atoms with van der Waals surface area (Å²) < 4.78 is 11.6. The molecule has 148 valence electrons. The average Bonchev–Trinajstić information content (AvgIpc) is 2.69. The fraction of sp³-hybridized carbons (Fsp3) is 0.150. The summed E-state index contributed by atoms with van der Waals surface area (Å²) in [5.41, 5.74) is 13.4. The first kappa shape index (κ1) is 20.5. The lowest BCUT2D eigenvalue weighted by Gasteiger charge is -2.14. The zero-order chi connectivity index (χ0) is 21.0. The molecule has 9 heteroatoms. The third kappa shape index (κ3) is 4.62. The van der Waals surface area contributed by atoms with E-state index in [1.807, 2.05) is 19.1 Å². The summed E-state index contributed by atoms with van der Waals surface area (Å²) in [7, 11) is 0. The van der Waals surface area contributed by atoms with Gasteiger partial charge in [-0.25, -0.2) is 4.98 Å². The Bertz CT molecular complexity index is 1100. The molecule has 1 heterocycles. The number of hydrogen-bond donors (Lipinski definition) is 2. The summed E-state index contributed by atoms with van der Waals surface area (Å²) >= 11 is 12.0. The first-order chi connectivity index (χ1) is 13.9. The number of ether oxygens (including phenoxy) is 2. The number of halogens is 2. The maximum Gasteiger partial charge on any atom is 0.222 e. The Balaban J connectivity index is 1.93. The zero-order valence-electron chi connectivity index (χ0n) is 15.4. The van der Waals surface area contributed by atoms with Crippen molar-refractivity contribution in [1.29, 1.82) is 5.26 Å². The van der Waals surface area contributed by atoms with E-state index >= 15 is 0 Å². The maximum absolute atomic E-state index is 9.40. The molecule has 0 atom stereocenters. The van der Waals surface area contributed by atoms with E-state index in [4.69, 9.17) is 44.1 Å². The summed E-state index contributed by atoms with van der Waals surface area (Å²) in [6.07, 6.45) is 0. The molecule has 1 aromatic heterocycles. The molecule has 0 fully saturated rings. The molecule has 0 aliphatic heterocycles. The molecule has 4 N–H and O–H groups in total. The van der Waals surface area contributed by atoms with Crippen molar-refractivity contribution in [3.63, 3.8) is 0 Å². The molecule has 0 aliphatic carbocycles. The fourth-order valence-electron chi connectivity index (χ4n) is 2.65. The lowest BCUT2D eigenvalue weighted by atomic mass is 10.1. The van der Waals surface area contributed by atoms with Crippen molar-refractivity contribution in [2.75, 3.05) is 18.1 Å². The van der Waals surface area contributed by atoms with E-state index in [0.29, 0.717) is 39.4 Å². The Hall–Kier alpha value is -3.21. The van der Waals surface area contributed by atoms with Gasteiger partial charge in [0, 0.05) is 5.56 Å². The van der Waals surface area contributed by atoms with Crippen LogP contribution in [0.15, 0.2) is 36.4 Å². The van der Waals surface area contributed by atoms with Crippen molar-refractivity contribution in [2.24, 2.45) is 0 Å². The molecule has 0 radical (unpaired) electrons. The SMILES string of the molecule is CCOc1cc(-c2nc(N)nc(N)c2C#N)ccc1OCc1ccc(Cl)c(Cl)c1. The molecule has 0 bridgehead atoms. The lowest BCUT2D eigenvalue weighted by Crippen LogP contribution is -2.05. The molecular formula is C20H17Cl2N5O2. The van der Waals surface area contributed by atoms with Crippen LogP contribution in [0.2, 0.25) is 10.0 Å². The summed E-state index contributed by atoms with van der Waals surface area (Å²) in [5.74, 6) is 1.02. The molecule has 29 heavy (non-hydrogen) atoms. The second-order valence-corrected chi connectivity index (χ2v) is 6.75.